The molecule has 0 aliphatic carbocycles. The zero-order chi connectivity index (χ0) is 15.1. The molecular weight excluding hydrogens is 272 g/mol. The topological polar surface area (TPSA) is 55.1 Å². The smallest absolute Gasteiger partial charge is 0.220 e. The summed E-state index contributed by atoms with van der Waals surface area (Å²) in [6.45, 7) is 6.83. The van der Waals surface area contributed by atoms with Crippen LogP contribution in [-0.2, 0) is 4.79 Å². The lowest BCUT2D eigenvalue weighted by molar-refractivity contribution is -0.122. The minimum atomic E-state index is -0.0164. The molecule has 4 heteroatoms. The summed E-state index contributed by atoms with van der Waals surface area (Å²) in [5.74, 6) is 0.876. The third-order valence-corrected chi connectivity index (χ3v) is 3.61. The van der Waals surface area contributed by atoms with E-state index in [0.29, 0.717) is 23.9 Å². The second-order valence-electron chi connectivity index (χ2n) is 5.78. The molecule has 3 N–H and O–H groups in total. The first-order chi connectivity index (χ1) is 9.42. The standard InChI is InChI=1S/C16H25ClN2O/c1-11(2)8-13(10-18)9-16(20)19-12(3)14-4-6-15(17)7-5-14/h4-7,11-13H,8-10,18H2,1-3H3,(H,19,20)/t12-,13-/m0/s1. The van der Waals surface area contributed by atoms with E-state index in [0.717, 1.165) is 12.0 Å². The van der Waals surface area contributed by atoms with Gasteiger partial charge >= 0.3 is 0 Å². The van der Waals surface area contributed by atoms with Crippen LogP contribution in [0.3, 0.4) is 0 Å². The van der Waals surface area contributed by atoms with Crippen molar-refractivity contribution in [3.63, 3.8) is 0 Å². The minimum absolute atomic E-state index is 0.0164. The molecule has 0 fully saturated rings. The molecule has 20 heavy (non-hydrogen) atoms. The highest BCUT2D eigenvalue weighted by molar-refractivity contribution is 6.30. The van der Waals surface area contributed by atoms with E-state index in [1.165, 1.54) is 0 Å². The van der Waals surface area contributed by atoms with Gasteiger partial charge in [0, 0.05) is 11.4 Å². The normalized spacial score (nSPS) is 14.1. The summed E-state index contributed by atoms with van der Waals surface area (Å²) >= 11 is 5.86. The van der Waals surface area contributed by atoms with Crippen LogP contribution in [0, 0.1) is 11.8 Å². The molecule has 0 aliphatic rings. The summed E-state index contributed by atoms with van der Waals surface area (Å²) in [6.07, 6.45) is 1.48. The van der Waals surface area contributed by atoms with Crippen LogP contribution in [0.1, 0.15) is 45.2 Å². The molecule has 0 radical (unpaired) electrons. The van der Waals surface area contributed by atoms with Gasteiger partial charge in [-0.15, -0.1) is 0 Å². The summed E-state index contributed by atoms with van der Waals surface area (Å²) in [7, 11) is 0. The number of carbonyl (C=O) groups excluding carboxylic acids is 1. The Morgan fingerprint density at radius 1 is 1.25 bits per heavy atom. The van der Waals surface area contributed by atoms with E-state index < -0.39 is 0 Å². The van der Waals surface area contributed by atoms with Crippen LogP contribution in [0.5, 0.6) is 0 Å². The van der Waals surface area contributed by atoms with E-state index in [1.54, 1.807) is 0 Å². The highest BCUT2D eigenvalue weighted by atomic mass is 35.5. The fourth-order valence-electron chi connectivity index (χ4n) is 2.33. The minimum Gasteiger partial charge on any atom is -0.350 e. The lowest BCUT2D eigenvalue weighted by Crippen LogP contribution is -2.30. The molecule has 2 atom stereocenters. The van der Waals surface area contributed by atoms with Gasteiger partial charge in [-0.3, -0.25) is 4.79 Å². The fraction of sp³-hybridized carbons (Fsp3) is 0.562. The van der Waals surface area contributed by atoms with Crippen molar-refractivity contribution in [2.24, 2.45) is 17.6 Å². The Balaban J connectivity index is 2.50. The number of nitrogens with two attached hydrogens (primary N) is 1. The SMILES string of the molecule is CC(C)C[C@H](CN)CC(=O)N[C@@H](C)c1ccc(Cl)cc1. The monoisotopic (exact) mass is 296 g/mol. The van der Waals surface area contributed by atoms with Gasteiger partial charge < -0.3 is 11.1 Å². The Kier molecular flexibility index (Phi) is 7.03. The molecule has 0 spiro atoms. The quantitative estimate of drug-likeness (QED) is 0.809. The van der Waals surface area contributed by atoms with Crippen LogP contribution in [0.15, 0.2) is 24.3 Å². The summed E-state index contributed by atoms with van der Waals surface area (Å²) in [5, 5.41) is 3.72. The van der Waals surface area contributed by atoms with Crippen LogP contribution in [0.25, 0.3) is 0 Å². The van der Waals surface area contributed by atoms with Gasteiger partial charge in [-0.25, -0.2) is 0 Å². The fourth-order valence-corrected chi connectivity index (χ4v) is 2.45. The van der Waals surface area contributed by atoms with Crippen molar-refractivity contribution in [3.05, 3.63) is 34.9 Å². The zero-order valence-corrected chi connectivity index (χ0v) is 13.3. The molecule has 0 heterocycles. The third-order valence-electron chi connectivity index (χ3n) is 3.36. The van der Waals surface area contributed by atoms with Crippen LogP contribution in [-0.4, -0.2) is 12.5 Å². The van der Waals surface area contributed by atoms with E-state index in [4.69, 9.17) is 17.3 Å². The number of rotatable bonds is 7. The first kappa shape index (κ1) is 17.0. The Morgan fingerprint density at radius 3 is 2.35 bits per heavy atom. The van der Waals surface area contributed by atoms with Crippen molar-refractivity contribution < 1.29 is 4.79 Å². The maximum absolute atomic E-state index is 12.1. The van der Waals surface area contributed by atoms with E-state index in [2.05, 4.69) is 19.2 Å². The predicted octanol–water partition coefficient (Wildman–Crippen LogP) is 3.53. The van der Waals surface area contributed by atoms with Gasteiger partial charge in [-0.2, -0.15) is 0 Å². The lowest BCUT2D eigenvalue weighted by atomic mass is 9.94. The van der Waals surface area contributed by atoms with Crippen molar-refractivity contribution in [2.45, 2.75) is 39.7 Å². The third kappa shape index (κ3) is 5.93. The number of halogens is 1. The summed E-state index contributed by atoms with van der Waals surface area (Å²) in [4.78, 5) is 12.1. The predicted molar refractivity (Wildman–Crippen MR) is 84.6 cm³/mol. The van der Waals surface area contributed by atoms with Crippen molar-refractivity contribution in [2.75, 3.05) is 6.54 Å². The Hall–Kier alpha value is -1.06. The van der Waals surface area contributed by atoms with E-state index in [9.17, 15) is 4.79 Å². The molecule has 0 bridgehead atoms. The molecule has 0 saturated carbocycles. The van der Waals surface area contributed by atoms with Gasteiger partial charge in [-0.05, 0) is 49.4 Å². The molecule has 3 nitrogen and oxygen atoms in total. The second-order valence-corrected chi connectivity index (χ2v) is 6.21. The number of hydrogen-bond donors (Lipinski definition) is 2. The first-order valence-electron chi connectivity index (χ1n) is 7.17. The number of carbonyl (C=O) groups is 1. The molecule has 112 valence electrons. The van der Waals surface area contributed by atoms with Crippen LogP contribution in [0.4, 0.5) is 0 Å². The van der Waals surface area contributed by atoms with Gasteiger partial charge in [0.15, 0.2) is 0 Å². The summed E-state index contributed by atoms with van der Waals surface area (Å²) in [5.41, 5.74) is 6.79. The van der Waals surface area contributed by atoms with Crippen LogP contribution in [0.2, 0.25) is 5.02 Å². The highest BCUT2D eigenvalue weighted by Gasteiger charge is 2.16. The van der Waals surface area contributed by atoms with Gasteiger partial charge in [0.05, 0.1) is 6.04 Å². The average Bonchev–Trinajstić information content (AvgIpc) is 2.37. The van der Waals surface area contributed by atoms with Gasteiger partial charge in [-0.1, -0.05) is 37.6 Å². The molecular formula is C16H25ClN2O. The molecule has 0 unspecified atom stereocenters. The molecule has 1 amide bonds. The maximum atomic E-state index is 12.1. The zero-order valence-electron chi connectivity index (χ0n) is 12.5. The van der Waals surface area contributed by atoms with E-state index in [-0.39, 0.29) is 17.9 Å². The van der Waals surface area contributed by atoms with Crippen molar-refractivity contribution in [1.82, 2.24) is 5.32 Å². The van der Waals surface area contributed by atoms with Crippen molar-refractivity contribution in [3.8, 4) is 0 Å². The Morgan fingerprint density at radius 2 is 1.85 bits per heavy atom. The Labute approximate surface area is 126 Å². The maximum Gasteiger partial charge on any atom is 0.220 e. The highest BCUT2D eigenvalue weighted by Crippen LogP contribution is 2.18. The molecule has 1 aromatic rings. The molecule has 0 aromatic heterocycles. The number of hydrogen-bond acceptors (Lipinski definition) is 2. The average molecular weight is 297 g/mol. The van der Waals surface area contributed by atoms with Crippen molar-refractivity contribution in [1.29, 1.82) is 0 Å². The lowest BCUT2D eigenvalue weighted by Gasteiger charge is -2.19. The molecule has 0 aliphatic heterocycles. The van der Waals surface area contributed by atoms with E-state index >= 15 is 0 Å². The molecule has 0 saturated heterocycles. The molecule has 1 aromatic carbocycles. The summed E-state index contributed by atoms with van der Waals surface area (Å²) < 4.78 is 0. The Bertz CT molecular complexity index is 417. The van der Waals surface area contributed by atoms with Crippen LogP contribution >= 0.6 is 11.6 Å². The summed E-state index contributed by atoms with van der Waals surface area (Å²) in [6, 6.07) is 7.52. The number of nitrogens with one attached hydrogen (secondary N) is 1. The largest absolute Gasteiger partial charge is 0.350 e. The molecule has 1 rings (SSSR count). The van der Waals surface area contributed by atoms with Gasteiger partial charge in [0.2, 0.25) is 5.91 Å². The number of amides is 1. The van der Waals surface area contributed by atoms with Crippen LogP contribution < -0.4 is 11.1 Å². The van der Waals surface area contributed by atoms with Gasteiger partial charge in [0.1, 0.15) is 0 Å². The first-order valence-corrected chi connectivity index (χ1v) is 7.55. The van der Waals surface area contributed by atoms with Crippen molar-refractivity contribution >= 4 is 17.5 Å². The second kappa shape index (κ2) is 8.28. The van der Waals surface area contributed by atoms with E-state index in [1.807, 2.05) is 31.2 Å². The number of benzene rings is 1. The van der Waals surface area contributed by atoms with Gasteiger partial charge in [0.25, 0.3) is 0 Å².